The normalized spacial score (nSPS) is 13.1. The Balaban J connectivity index is 1.09. The van der Waals surface area contributed by atoms with Crippen molar-refractivity contribution >= 4 is 43.6 Å². The number of fused-ring (bicyclic) bond motifs is 6. The zero-order chi connectivity index (χ0) is 47.1. The molecule has 0 amide bonds. The molecule has 12 rings (SSSR count). The molecule has 0 aliphatic rings. The number of hydrogen-bond donors (Lipinski definition) is 0. The smallest absolute Gasteiger partial charge is 0.0645 e. The van der Waals surface area contributed by atoms with Crippen molar-refractivity contribution in [1.29, 1.82) is 0 Å². The van der Waals surface area contributed by atoms with Crippen LogP contribution in [0.25, 0.3) is 111 Å². The van der Waals surface area contributed by atoms with Crippen molar-refractivity contribution in [2.45, 2.75) is 0 Å². The maximum atomic E-state index is 9.98. The predicted molar refractivity (Wildman–Crippen MR) is 262 cm³/mol. The van der Waals surface area contributed by atoms with E-state index in [-0.39, 0.29) is 57.6 Å². The monoisotopic (exact) mass is 795 g/mol. The lowest BCUT2D eigenvalue weighted by atomic mass is 9.98. The third kappa shape index (κ3) is 6.12. The van der Waals surface area contributed by atoms with Gasteiger partial charge in [0.2, 0.25) is 0 Å². The van der Waals surface area contributed by atoms with Gasteiger partial charge in [0, 0.05) is 32.9 Å². The first-order valence-corrected chi connectivity index (χ1v) is 20.8. The number of nitrogens with zero attached hydrogens (tertiary/aromatic N) is 2. The highest BCUT2D eigenvalue weighted by Crippen LogP contribution is 2.40. The molecule has 0 radical (unpaired) electrons. The van der Waals surface area contributed by atoms with E-state index in [1.807, 2.05) is 109 Å². The second-order valence-electron chi connectivity index (χ2n) is 15.6. The summed E-state index contributed by atoms with van der Waals surface area (Å²) >= 11 is 0. The Morgan fingerprint density at radius 2 is 0.726 bits per heavy atom. The first-order chi connectivity index (χ1) is 33.7. The first-order valence-electron chi connectivity index (χ1n) is 24.3. The van der Waals surface area contributed by atoms with E-state index in [0.29, 0.717) is 11.3 Å². The molecule has 0 spiro atoms. The number of aromatic nitrogens is 2. The van der Waals surface area contributed by atoms with Crippen LogP contribution in [0, 0.1) is 0 Å². The first kappa shape index (κ1) is 29.1. The van der Waals surface area contributed by atoms with Crippen molar-refractivity contribution in [3.63, 3.8) is 0 Å². The van der Waals surface area contributed by atoms with Crippen molar-refractivity contribution in [3.8, 4) is 67.0 Å². The number of hydrogen-bond acceptors (Lipinski definition) is 0. The summed E-state index contributed by atoms with van der Waals surface area (Å²) in [5.74, 6) is 0. The van der Waals surface area contributed by atoms with Gasteiger partial charge in [0.25, 0.3) is 0 Å². The summed E-state index contributed by atoms with van der Waals surface area (Å²) in [7, 11) is 0. The Kier molecular flexibility index (Phi) is 6.95. The van der Waals surface area contributed by atoms with E-state index in [1.165, 1.54) is 0 Å². The predicted octanol–water partition coefficient (Wildman–Crippen LogP) is 16.2. The fourth-order valence-electron chi connectivity index (χ4n) is 8.95. The molecular formula is C60H40N2. The van der Waals surface area contributed by atoms with Crippen molar-refractivity contribution in [2.24, 2.45) is 0 Å². The Morgan fingerprint density at radius 3 is 1.37 bits per heavy atom. The summed E-state index contributed by atoms with van der Waals surface area (Å²) in [6, 6.07) is 65.7. The molecule has 0 aliphatic carbocycles. The van der Waals surface area contributed by atoms with Crippen molar-refractivity contribution in [3.05, 3.63) is 242 Å². The average Bonchev–Trinajstić information content (AvgIpc) is 3.94. The largest absolute Gasteiger partial charge is 0.309 e. The van der Waals surface area contributed by atoms with E-state index in [0.717, 1.165) is 72.0 Å². The Bertz CT molecular complexity index is 4010. The Morgan fingerprint density at radius 1 is 0.258 bits per heavy atom. The summed E-state index contributed by atoms with van der Waals surface area (Å²) in [5.41, 5.74) is 12.9. The number of rotatable bonds is 7. The summed E-state index contributed by atoms with van der Waals surface area (Å²) < 4.78 is 69.2. The van der Waals surface area contributed by atoms with Gasteiger partial charge in [0.05, 0.1) is 31.7 Å². The quantitative estimate of drug-likeness (QED) is 0.152. The minimum atomic E-state index is -0.427. The minimum absolute atomic E-state index is 0.0844. The second-order valence-corrected chi connectivity index (χ2v) is 15.6. The zero-order valence-electron chi connectivity index (χ0n) is 40.4. The molecule has 12 aromatic rings. The average molecular weight is 796 g/mol. The molecule has 10 aromatic carbocycles. The molecule has 2 heteroatoms. The van der Waals surface area contributed by atoms with Gasteiger partial charge in [-0.3, -0.25) is 0 Å². The van der Waals surface area contributed by atoms with E-state index in [9.17, 15) is 6.85 Å². The van der Waals surface area contributed by atoms with Crippen LogP contribution in [0.1, 0.15) is 9.60 Å². The van der Waals surface area contributed by atoms with E-state index in [2.05, 4.69) is 95.6 Å². The molecule has 0 fully saturated rings. The third-order valence-electron chi connectivity index (χ3n) is 12.0. The summed E-state index contributed by atoms with van der Waals surface area (Å²) in [6.07, 6.45) is 0. The third-order valence-corrected chi connectivity index (χ3v) is 12.0. The molecule has 0 unspecified atom stereocenters. The molecule has 0 saturated carbocycles. The van der Waals surface area contributed by atoms with E-state index < -0.39 is 12.1 Å². The van der Waals surface area contributed by atoms with Crippen molar-refractivity contribution < 1.29 is 9.60 Å². The Labute approximate surface area is 370 Å². The Hall–Kier alpha value is -8.20. The van der Waals surface area contributed by atoms with E-state index >= 15 is 0 Å². The van der Waals surface area contributed by atoms with Crippen LogP contribution in [0.15, 0.2) is 242 Å². The molecule has 0 bridgehead atoms. The van der Waals surface area contributed by atoms with Gasteiger partial charge in [-0.1, -0.05) is 182 Å². The van der Waals surface area contributed by atoms with Gasteiger partial charge >= 0.3 is 0 Å². The van der Waals surface area contributed by atoms with Crippen LogP contribution in [0.4, 0.5) is 0 Å². The lowest BCUT2D eigenvalue weighted by molar-refractivity contribution is 1.18. The van der Waals surface area contributed by atoms with Gasteiger partial charge in [0.1, 0.15) is 0 Å². The number of benzene rings is 10. The van der Waals surface area contributed by atoms with Gasteiger partial charge in [-0.05, 0) is 116 Å². The van der Waals surface area contributed by atoms with Crippen molar-refractivity contribution in [2.75, 3.05) is 0 Å². The van der Waals surface area contributed by atoms with E-state index in [1.54, 1.807) is 4.57 Å². The lowest BCUT2D eigenvalue weighted by Crippen LogP contribution is -1.95. The molecule has 0 atom stereocenters. The van der Waals surface area contributed by atoms with Crippen LogP contribution >= 0.6 is 0 Å². The molecule has 2 nitrogen and oxygen atoms in total. The fraction of sp³-hybridized carbons (Fsp3) is 0. The maximum Gasteiger partial charge on any atom is 0.0645 e. The SMILES string of the molecule is [2H]c1c([2H])c([2H])c2c(c1[2H])c1c([2H])c(-c3ccc4c(c3)c3ccc(-c5ccc(-c6ccccc6)cc5)cc3n4-c3cccc(-c4ccccc4)c3)c([2H])c([2H])c1n2-c1cccc(-c2ccccc2)c1. The highest BCUT2D eigenvalue weighted by atomic mass is 15.0. The van der Waals surface area contributed by atoms with Gasteiger partial charge in [0.15, 0.2) is 0 Å². The lowest BCUT2D eigenvalue weighted by Gasteiger charge is -2.12. The molecule has 62 heavy (non-hydrogen) atoms. The molecule has 0 N–H and O–H groups in total. The fourth-order valence-corrected chi connectivity index (χ4v) is 8.95. The maximum absolute atomic E-state index is 9.98. The molecule has 290 valence electrons. The van der Waals surface area contributed by atoms with Gasteiger partial charge in [-0.25, -0.2) is 0 Å². The highest BCUT2D eigenvalue weighted by molar-refractivity contribution is 6.13. The molecule has 2 aromatic heterocycles. The van der Waals surface area contributed by atoms with Crippen molar-refractivity contribution in [1.82, 2.24) is 9.13 Å². The highest BCUT2D eigenvalue weighted by Gasteiger charge is 2.18. The van der Waals surface area contributed by atoms with E-state index in [4.69, 9.17) is 2.74 Å². The topological polar surface area (TPSA) is 9.86 Å². The zero-order valence-corrected chi connectivity index (χ0v) is 33.4. The van der Waals surface area contributed by atoms with Crippen LogP contribution in [-0.4, -0.2) is 9.13 Å². The van der Waals surface area contributed by atoms with Crippen LogP contribution in [0.2, 0.25) is 0 Å². The van der Waals surface area contributed by atoms with Crippen LogP contribution < -0.4 is 0 Å². The molecule has 0 saturated heterocycles. The summed E-state index contributed by atoms with van der Waals surface area (Å²) in [5, 5.41) is 2.20. The van der Waals surface area contributed by atoms with Gasteiger partial charge in [-0.15, -0.1) is 0 Å². The molecular weight excluding hydrogens is 749 g/mol. The minimum Gasteiger partial charge on any atom is -0.309 e. The van der Waals surface area contributed by atoms with Crippen LogP contribution in [0.5, 0.6) is 0 Å². The van der Waals surface area contributed by atoms with Crippen LogP contribution in [-0.2, 0) is 0 Å². The van der Waals surface area contributed by atoms with Gasteiger partial charge < -0.3 is 9.13 Å². The standard InChI is InChI=1S/C60H40N2/c1-4-14-41(15-5-1)44-26-28-45(29-27-44)50-30-33-54-56-39-49(32-35-59(56)62(60(54)40-50)52-23-13-21-47(37-52)43-18-8-3-9-19-43)48-31-34-58-55(38-48)53-24-10-11-25-57(53)61(58)51-22-12-20-46(36-51)42-16-6-2-7-17-42/h1-40H/i10D,11D,24D,25D,31D,34D,38D. The number of para-hydroxylation sites is 1. The molecule has 2 heterocycles. The van der Waals surface area contributed by atoms with Gasteiger partial charge in [-0.2, -0.15) is 0 Å². The second kappa shape index (κ2) is 14.8. The molecule has 0 aliphatic heterocycles. The summed E-state index contributed by atoms with van der Waals surface area (Å²) in [6.45, 7) is 0. The summed E-state index contributed by atoms with van der Waals surface area (Å²) in [4.78, 5) is 0. The van der Waals surface area contributed by atoms with Crippen LogP contribution in [0.3, 0.4) is 0 Å².